The van der Waals surface area contributed by atoms with Crippen LogP contribution in [0, 0.1) is 5.82 Å². The molecule has 1 heterocycles. The number of anilines is 1. The van der Waals surface area contributed by atoms with Crippen LogP contribution in [-0.2, 0) is 22.4 Å². The number of methoxy groups -OCH3 is 1. The number of carbonyl (C=O) groups is 2. The van der Waals surface area contributed by atoms with E-state index >= 15 is 0 Å². The summed E-state index contributed by atoms with van der Waals surface area (Å²) in [6.45, 7) is 0.299. The monoisotopic (exact) mass is 392 g/mol. The number of hydrogen-bond donors (Lipinski definition) is 2. The molecule has 1 aliphatic heterocycles. The van der Waals surface area contributed by atoms with Crippen molar-refractivity contribution in [2.45, 2.75) is 18.9 Å². The Bertz CT molecular complexity index is 875. The molecule has 1 saturated heterocycles. The highest BCUT2D eigenvalue weighted by Crippen LogP contribution is 2.25. The highest BCUT2D eigenvalue weighted by atomic mass is 35.5. The summed E-state index contributed by atoms with van der Waals surface area (Å²) in [5, 5.41) is 5.71. The van der Waals surface area contributed by atoms with E-state index in [1.807, 2.05) is 6.07 Å². The SMILES string of the molecule is COc1cc(NC(=O)Cc2ccc(Cl)cc2F)ccc1C[C@H]1COC(=O)N1. The highest BCUT2D eigenvalue weighted by Gasteiger charge is 2.23. The molecular formula is C19H18ClFN2O4. The third-order valence-electron chi connectivity index (χ3n) is 4.14. The van der Waals surface area contributed by atoms with Crippen LogP contribution in [0.5, 0.6) is 5.75 Å². The minimum atomic E-state index is -0.522. The quantitative estimate of drug-likeness (QED) is 0.790. The smallest absolute Gasteiger partial charge is 0.407 e. The average Bonchev–Trinajstić information content (AvgIpc) is 3.03. The Kier molecular flexibility index (Phi) is 5.81. The standard InChI is InChI=1S/C19H18ClFN2O4/c1-26-17-9-14(5-3-12(17)6-15-10-27-19(25)23-15)22-18(24)7-11-2-4-13(20)8-16(11)21/h2-5,8-9,15H,6-7,10H2,1H3,(H,22,24)(H,23,25)/t15-/m0/s1. The summed E-state index contributed by atoms with van der Waals surface area (Å²) in [5.41, 5.74) is 1.66. The number of hydrogen-bond acceptors (Lipinski definition) is 4. The number of amides is 2. The average molecular weight is 393 g/mol. The maximum Gasteiger partial charge on any atom is 0.407 e. The number of halogens is 2. The molecule has 0 aromatic heterocycles. The van der Waals surface area contributed by atoms with Crippen molar-refractivity contribution in [1.82, 2.24) is 5.32 Å². The van der Waals surface area contributed by atoms with Crippen LogP contribution in [0.2, 0.25) is 5.02 Å². The van der Waals surface area contributed by atoms with E-state index in [1.165, 1.54) is 25.3 Å². The van der Waals surface area contributed by atoms with Crippen LogP contribution in [0.25, 0.3) is 0 Å². The van der Waals surface area contributed by atoms with Crippen LogP contribution in [-0.4, -0.2) is 31.8 Å². The van der Waals surface area contributed by atoms with E-state index in [0.29, 0.717) is 24.5 Å². The van der Waals surface area contributed by atoms with Crippen molar-refractivity contribution in [2.24, 2.45) is 0 Å². The maximum absolute atomic E-state index is 13.8. The molecule has 0 spiro atoms. The molecule has 2 N–H and O–H groups in total. The molecule has 27 heavy (non-hydrogen) atoms. The lowest BCUT2D eigenvalue weighted by molar-refractivity contribution is -0.115. The number of ether oxygens (including phenoxy) is 2. The summed E-state index contributed by atoms with van der Waals surface area (Å²) in [6, 6.07) is 9.29. The fourth-order valence-corrected chi connectivity index (χ4v) is 2.99. The van der Waals surface area contributed by atoms with Gasteiger partial charge in [0.1, 0.15) is 18.2 Å². The normalized spacial score (nSPS) is 15.8. The fourth-order valence-electron chi connectivity index (χ4n) is 2.84. The molecule has 2 aromatic rings. The number of rotatable bonds is 6. The second kappa shape index (κ2) is 8.26. The second-order valence-corrected chi connectivity index (χ2v) is 6.57. The summed E-state index contributed by atoms with van der Waals surface area (Å²) < 4.78 is 24.1. The van der Waals surface area contributed by atoms with Gasteiger partial charge in [-0.2, -0.15) is 0 Å². The van der Waals surface area contributed by atoms with Crippen LogP contribution < -0.4 is 15.4 Å². The van der Waals surface area contributed by atoms with Crippen LogP contribution in [0.1, 0.15) is 11.1 Å². The lowest BCUT2D eigenvalue weighted by Crippen LogP contribution is -2.28. The van der Waals surface area contributed by atoms with Crippen LogP contribution in [0.15, 0.2) is 36.4 Å². The molecule has 142 valence electrons. The number of nitrogens with one attached hydrogen (secondary N) is 2. The lowest BCUT2D eigenvalue weighted by Gasteiger charge is -2.14. The van der Waals surface area contributed by atoms with Crippen molar-refractivity contribution < 1.29 is 23.5 Å². The van der Waals surface area contributed by atoms with Crippen molar-refractivity contribution in [1.29, 1.82) is 0 Å². The van der Waals surface area contributed by atoms with Crippen molar-refractivity contribution in [3.05, 3.63) is 58.4 Å². The van der Waals surface area contributed by atoms with Crippen LogP contribution >= 0.6 is 11.6 Å². The molecule has 1 aliphatic rings. The fraction of sp³-hybridized carbons (Fsp3) is 0.263. The van der Waals surface area contributed by atoms with Gasteiger partial charge in [0.05, 0.1) is 19.6 Å². The van der Waals surface area contributed by atoms with Gasteiger partial charge in [0.2, 0.25) is 5.91 Å². The Morgan fingerprint density at radius 3 is 2.78 bits per heavy atom. The molecule has 0 bridgehead atoms. The molecule has 2 amide bonds. The minimum absolute atomic E-state index is 0.113. The Balaban J connectivity index is 1.66. The van der Waals surface area contributed by atoms with Gasteiger partial charge < -0.3 is 20.1 Å². The number of cyclic esters (lactones) is 1. The highest BCUT2D eigenvalue weighted by molar-refractivity contribution is 6.30. The van der Waals surface area contributed by atoms with E-state index < -0.39 is 11.9 Å². The number of alkyl carbamates (subject to hydrolysis) is 1. The predicted molar refractivity (Wildman–Crippen MR) is 98.7 cm³/mol. The van der Waals surface area contributed by atoms with Gasteiger partial charge in [0, 0.05) is 16.8 Å². The zero-order valence-electron chi connectivity index (χ0n) is 14.6. The number of benzene rings is 2. The van der Waals surface area contributed by atoms with Crippen molar-refractivity contribution in [3.63, 3.8) is 0 Å². The summed E-state index contributed by atoms with van der Waals surface area (Å²) >= 11 is 5.71. The van der Waals surface area contributed by atoms with E-state index in [9.17, 15) is 14.0 Å². The summed E-state index contributed by atoms with van der Waals surface area (Å²) in [5.74, 6) is -0.305. The van der Waals surface area contributed by atoms with Gasteiger partial charge in [-0.3, -0.25) is 4.79 Å². The molecule has 0 unspecified atom stereocenters. The first kappa shape index (κ1) is 19.0. The molecule has 0 saturated carbocycles. The van der Waals surface area contributed by atoms with Crippen molar-refractivity contribution in [2.75, 3.05) is 19.0 Å². The van der Waals surface area contributed by atoms with Crippen LogP contribution in [0.4, 0.5) is 14.9 Å². The Hall–Kier alpha value is -2.80. The van der Waals surface area contributed by atoms with E-state index in [-0.39, 0.29) is 29.0 Å². The summed E-state index contributed by atoms with van der Waals surface area (Å²) in [4.78, 5) is 23.3. The van der Waals surface area contributed by atoms with Crippen LogP contribution in [0.3, 0.4) is 0 Å². The van der Waals surface area contributed by atoms with E-state index in [1.54, 1.807) is 12.1 Å². The largest absolute Gasteiger partial charge is 0.496 e. The Morgan fingerprint density at radius 1 is 1.33 bits per heavy atom. The molecule has 2 aromatic carbocycles. The molecule has 1 atom stereocenters. The Labute approximate surface area is 160 Å². The van der Waals surface area contributed by atoms with E-state index in [4.69, 9.17) is 21.1 Å². The summed E-state index contributed by atoms with van der Waals surface area (Å²) in [7, 11) is 1.53. The lowest BCUT2D eigenvalue weighted by atomic mass is 10.0. The van der Waals surface area contributed by atoms with Gasteiger partial charge in [0.15, 0.2) is 0 Å². The zero-order valence-corrected chi connectivity index (χ0v) is 15.3. The molecule has 6 nitrogen and oxygen atoms in total. The molecule has 0 radical (unpaired) electrons. The first-order valence-corrected chi connectivity index (χ1v) is 8.66. The molecule has 3 rings (SSSR count). The third-order valence-corrected chi connectivity index (χ3v) is 4.38. The molecule has 8 heteroatoms. The van der Waals surface area contributed by atoms with E-state index in [2.05, 4.69) is 10.6 Å². The topological polar surface area (TPSA) is 76.7 Å². The van der Waals surface area contributed by atoms with Gasteiger partial charge in [0.25, 0.3) is 0 Å². The second-order valence-electron chi connectivity index (χ2n) is 6.13. The van der Waals surface area contributed by atoms with Gasteiger partial charge in [-0.1, -0.05) is 23.7 Å². The summed E-state index contributed by atoms with van der Waals surface area (Å²) in [6.07, 6.45) is -0.00486. The minimum Gasteiger partial charge on any atom is -0.496 e. The van der Waals surface area contributed by atoms with Crippen molar-refractivity contribution in [3.8, 4) is 5.75 Å². The third kappa shape index (κ3) is 4.89. The van der Waals surface area contributed by atoms with Gasteiger partial charge >= 0.3 is 6.09 Å². The molecule has 0 aliphatic carbocycles. The van der Waals surface area contributed by atoms with E-state index in [0.717, 1.165) is 5.56 Å². The molecule has 1 fully saturated rings. The van der Waals surface area contributed by atoms with Gasteiger partial charge in [-0.15, -0.1) is 0 Å². The van der Waals surface area contributed by atoms with Gasteiger partial charge in [-0.25, -0.2) is 9.18 Å². The number of carbonyl (C=O) groups excluding carboxylic acids is 2. The first-order chi connectivity index (χ1) is 12.9. The predicted octanol–water partition coefficient (Wildman–Crippen LogP) is 3.32. The first-order valence-electron chi connectivity index (χ1n) is 8.28. The van der Waals surface area contributed by atoms with Gasteiger partial charge in [-0.05, 0) is 35.7 Å². The van der Waals surface area contributed by atoms with Crippen molar-refractivity contribution >= 4 is 29.3 Å². The zero-order chi connectivity index (χ0) is 19.4. The Morgan fingerprint density at radius 2 is 2.11 bits per heavy atom. The molecular weight excluding hydrogens is 375 g/mol. The maximum atomic E-state index is 13.8.